The van der Waals surface area contributed by atoms with Crippen LogP contribution in [0, 0.1) is 13.8 Å². The summed E-state index contributed by atoms with van der Waals surface area (Å²) in [6.07, 6.45) is 0. The Balaban J connectivity index is 2.17. The summed E-state index contributed by atoms with van der Waals surface area (Å²) in [4.78, 5) is 17.2. The smallest absolute Gasteiger partial charge is 0.267 e. The monoisotopic (exact) mass is 315 g/mol. The molecule has 4 rings (SSSR count). The molecule has 4 aromatic rings. The van der Waals surface area contributed by atoms with Gasteiger partial charge < -0.3 is 0 Å². The molecule has 2 aromatic carbocycles. The third-order valence-electron chi connectivity index (χ3n) is 4.16. The minimum Gasteiger partial charge on any atom is -0.267 e. The van der Waals surface area contributed by atoms with Crippen molar-refractivity contribution < 1.29 is 0 Å². The zero-order valence-corrected chi connectivity index (χ0v) is 13.6. The van der Waals surface area contributed by atoms with Crippen molar-refractivity contribution in [2.45, 2.75) is 13.8 Å². The van der Waals surface area contributed by atoms with Crippen molar-refractivity contribution >= 4 is 5.65 Å². The van der Waals surface area contributed by atoms with Gasteiger partial charge in [0.2, 0.25) is 0 Å². The van der Waals surface area contributed by atoms with Gasteiger partial charge in [0.05, 0.1) is 11.4 Å². The summed E-state index contributed by atoms with van der Waals surface area (Å²) >= 11 is 0. The Kier molecular flexibility index (Phi) is 3.31. The highest BCUT2D eigenvalue weighted by Crippen LogP contribution is 2.26. The minimum atomic E-state index is -0.0806. The second kappa shape index (κ2) is 5.49. The highest BCUT2D eigenvalue weighted by molar-refractivity contribution is 5.68. The van der Waals surface area contributed by atoms with Gasteiger partial charge in [-0.1, -0.05) is 48.5 Å². The minimum absolute atomic E-state index is 0.0806. The lowest BCUT2D eigenvalue weighted by molar-refractivity contribution is 0.762. The van der Waals surface area contributed by atoms with E-state index in [4.69, 9.17) is 0 Å². The van der Waals surface area contributed by atoms with Crippen LogP contribution >= 0.6 is 0 Å². The lowest BCUT2D eigenvalue weighted by atomic mass is 10.1. The van der Waals surface area contributed by atoms with E-state index >= 15 is 0 Å². The van der Waals surface area contributed by atoms with Gasteiger partial charge >= 0.3 is 0 Å². The molecular weight excluding hydrogens is 298 g/mol. The predicted molar refractivity (Wildman–Crippen MR) is 95.7 cm³/mol. The molecule has 0 atom stereocenters. The van der Waals surface area contributed by atoms with E-state index in [2.05, 4.69) is 4.98 Å². The van der Waals surface area contributed by atoms with Crippen LogP contribution in [-0.2, 0) is 0 Å². The summed E-state index contributed by atoms with van der Waals surface area (Å²) in [5, 5.41) is 0. The van der Waals surface area contributed by atoms with Crippen LogP contribution in [0.3, 0.4) is 0 Å². The van der Waals surface area contributed by atoms with E-state index < -0.39 is 0 Å². The van der Waals surface area contributed by atoms with E-state index in [1.54, 1.807) is 10.6 Å². The summed E-state index contributed by atoms with van der Waals surface area (Å²) in [7, 11) is 0. The van der Waals surface area contributed by atoms with E-state index in [1.165, 1.54) is 0 Å². The summed E-state index contributed by atoms with van der Waals surface area (Å²) in [6, 6.07) is 21.6. The van der Waals surface area contributed by atoms with E-state index in [9.17, 15) is 4.79 Å². The zero-order chi connectivity index (χ0) is 16.7. The van der Waals surface area contributed by atoms with Gasteiger partial charge in [-0.2, -0.15) is 4.52 Å². The maximum absolute atomic E-state index is 12.7. The van der Waals surface area contributed by atoms with Crippen molar-refractivity contribution in [3.05, 3.63) is 88.3 Å². The third kappa shape index (κ3) is 2.24. The maximum atomic E-state index is 12.7. The molecule has 0 fully saturated rings. The molecule has 0 aliphatic rings. The number of fused-ring (bicyclic) bond motifs is 1. The molecule has 0 radical (unpaired) electrons. The predicted octanol–water partition coefficient (Wildman–Crippen LogP) is 3.77. The van der Waals surface area contributed by atoms with Crippen molar-refractivity contribution in [2.75, 3.05) is 0 Å². The molecule has 24 heavy (non-hydrogen) atoms. The zero-order valence-electron chi connectivity index (χ0n) is 13.6. The molecule has 0 saturated carbocycles. The number of rotatable bonds is 2. The van der Waals surface area contributed by atoms with Crippen molar-refractivity contribution in [2.24, 2.45) is 0 Å². The number of aromatic nitrogens is 3. The quantitative estimate of drug-likeness (QED) is 0.565. The lowest BCUT2D eigenvalue weighted by Crippen LogP contribution is -2.21. The Bertz CT molecular complexity index is 1090. The van der Waals surface area contributed by atoms with E-state index in [0.29, 0.717) is 5.65 Å². The topological polar surface area (TPSA) is 39.3 Å². The molecule has 0 bridgehead atoms. The van der Waals surface area contributed by atoms with E-state index in [0.717, 1.165) is 28.2 Å². The van der Waals surface area contributed by atoms with Gasteiger partial charge in [0.1, 0.15) is 0 Å². The second-order valence-corrected chi connectivity index (χ2v) is 5.90. The SMILES string of the molecule is Cc1cc(=O)n2c(cc(-c3ccccc3)n2-c2ccccc2C)n1. The van der Waals surface area contributed by atoms with E-state index in [1.807, 2.05) is 79.2 Å². The summed E-state index contributed by atoms with van der Waals surface area (Å²) in [5.74, 6) is 0. The first-order chi connectivity index (χ1) is 11.6. The van der Waals surface area contributed by atoms with Crippen molar-refractivity contribution in [3.63, 3.8) is 0 Å². The van der Waals surface area contributed by atoms with Crippen LogP contribution in [-0.4, -0.2) is 14.2 Å². The Morgan fingerprint density at radius 2 is 1.58 bits per heavy atom. The molecule has 0 spiro atoms. The first-order valence-electron chi connectivity index (χ1n) is 7.89. The fourth-order valence-electron chi connectivity index (χ4n) is 3.05. The number of benzene rings is 2. The van der Waals surface area contributed by atoms with Crippen molar-refractivity contribution in [1.82, 2.24) is 14.2 Å². The highest BCUT2D eigenvalue weighted by Gasteiger charge is 2.16. The largest absolute Gasteiger partial charge is 0.273 e. The first-order valence-corrected chi connectivity index (χ1v) is 7.89. The summed E-state index contributed by atoms with van der Waals surface area (Å²) in [6.45, 7) is 3.89. The van der Waals surface area contributed by atoms with Gasteiger partial charge in [-0.25, -0.2) is 9.67 Å². The molecule has 0 aliphatic carbocycles. The fourth-order valence-corrected chi connectivity index (χ4v) is 3.05. The molecule has 0 saturated heterocycles. The molecular formula is C20H17N3O. The van der Waals surface area contributed by atoms with Crippen molar-refractivity contribution in [1.29, 1.82) is 0 Å². The van der Waals surface area contributed by atoms with Gasteiger partial charge in [0.25, 0.3) is 5.56 Å². The van der Waals surface area contributed by atoms with Crippen LogP contribution < -0.4 is 5.56 Å². The second-order valence-electron chi connectivity index (χ2n) is 5.90. The molecule has 118 valence electrons. The third-order valence-corrected chi connectivity index (χ3v) is 4.16. The van der Waals surface area contributed by atoms with Crippen LogP contribution in [0.1, 0.15) is 11.3 Å². The number of hydrogen-bond donors (Lipinski definition) is 0. The van der Waals surface area contributed by atoms with Crippen LogP contribution in [0.25, 0.3) is 22.6 Å². The summed E-state index contributed by atoms with van der Waals surface area (Å²) in [5.41, 5.74) is 5.36. The number of aryl methyl sites for hydroxylation is 2. The van der Waals surface area contributed by atoms with Crippen LogP contribution in [0.5, 0.6) is 0 Å². The lowest BCUT2D eigenvalue weighted by Gasteiger charge is -2.13. The highest BCUT2D eigenvalue weighted by atomic mass is 16.1. The van der Waals surface area contributed by atoms with Crippen LogP contribution in [0.4, 0.5) is 0 Å². The first kappa shape index (κ1) is 14.5. The van der Waals surface area contributed by atoms with Gasteiger partial charge in [0.15, 0.2) is 5.65 Å². The van der Waals surface area contributed by atoms with E-state index in [-0.39, 0.29) is 5.56 Å². The average Bonchev–Trinajstić information content (AvgIpc) is 2.95. The van der Waals surface area contributed by atoms with Gasteiger partial charge in [-0.05, 0) is 25.5 Å². The fraction of sp³-hybridized carbons (Fsp3) is 0.100. The van der Waals surface area contributed by atoms with Crippen LogP contribution in [0.15, 0.2) is 71.5 Å². The Morgan fingerprint density at radius 1 is 0.875 bits per heavy atom. The van der Waals surface area contributed by atoms with Crippen molar-refractivity contribution in [3.8, 4) is 16.9 Å². The summed E-state index contributed by atoms with van der Waals surface area (Å²) < 4.78 is 3.59. The average molecular weight is 315 g/mol. The van der Waals surface area contributed by atoms with Gasteiger partial charge in [0, 0.05) is 23.4 Å². The molecule has 0 unspecified atom stereocenters. The maximum Gasteiger partial charge on any atom is 0.273 e. The molecule has 0 aliphatic heterocycles. The van der Waals surface area contributed by atoms with Crippen LogP contribution in [0.2, 0.25) is 0 Å². The normalized spacial score (nSPS) is 11.1. The molecule has 0 amide bonds. The Hall–Kier alpha value is -3.14. The number of hydrogen-bond acceptors (Lipinski definition) is 2. The molecule has 0 N–H and O–H groups in total. The molecule has 2 heterocycles. The number of para-hydroxylation sites is 1. The van der Waals surface area contributed by atoms with Gasteiger partial charge in [-0.15, -0.1) is 0 Å². The Labute approximate surface area is 139 Å². The number of nitrogens with zero attached hydrogens (tertiary/aromatic N) is 3. The van der Waals surface area contributed by atoms with Gasteiger partial charge in [-0.3, -0.25) is 4.79 Å². The molecule has 4 heteroatoms. The molecule has 4 nitrogen and oxygen atoms in total. The standard InChI is InChI=1S/C20H17N3O/c1-14-8-6-7-11-17(14)22-18(16-9-4-3-5-10-16)13-19-21-15(2)12-20(24)23(19)22/h3-13H,1-2H3. The molecule has 2 aromatic heterocycles. The Morgan fingerprint density at radius 3 is 2.33 bits per heavy atom.